The number of nitrogens with zero attached hydrogens (tertiary/aromatic N) is 3. The summed E-state index contributed by atoms with van der Waals surface area (Å²) in [7, 11) is 1.65. The lowest BCUT2D eigenvalue weighted by Gasteiger charge is -2.29. The van der Waals surface area contributed by atoms with E-state index in [2.05, 4.69) is 0 Å². The number of likely N-dealkylation sites (N-methyl/N-ethyl adjacent to an activating group) is 1. The van der Waals surface area contributed by atoms with Crippen molar-refractivity contribution < 1.29 is 24.4 Å². The van der Waals surface area contributed by atoms with Gasteiger partial charge in [-0.3, -0.25) is 19.7 Å². The molecule has 1 heterocycles. The molecule has 1 aliphatic rings. The van der Waals surface area contributed by atoms with Gasteiger partial charge >= 0.3 is 5.97 Å². The molecule has 2 rings (SSSR count). The number of aromatic carboxylic acids is 1. The summed E-state index contributed by atoms with van der Waals surface area (Å²) in [5.41, 5.74) is -0.956. The minimum Gasteiger partial charge on any atom is -0.478 e. The van der Waals surface area contributed by atoms with Crippen LogP contribution in [0.25, 0.3) is 0 Å². The molecule has 1 aromatic rings. The van der Waals surface area contributed by atoms with Crippen molar-refractivity contribution in [2.45, 2.75) is 25.9 Å². The second-order valence-corrected chi connectivity index (χ2v) is 7.16. The van der Waals surface area contributed by atoms with Crippen LogP contribution in [0.15, 0.2) is 18.2 Å². The molecule has 1 N–H and O–H groups in total. The first-order valence-electron chi connectivity index (χ1n) is 7.81. The molecule has 1 aliphatic heterocycles. The molecule has 9 nitrogen and oxygen atoms in total. The number of hydrogen-bond donors (Lipinski definition) is 1. The van der Waals surface area contributed by atoms with Gasteiger partial charge < -0.3 is 14.9 Å². The van der Waals surface area contributed by atoms with Crippen LogP contribution in [-0.2, 0) is 4.79 Å². The number of amides is 2. The number of carbonyl (C=O) groups is 3. The largest absolute Gasteiger partial charge is 0.478 e. The fourth-order valence-electron chi connectivity index (χ4n) is 2.47. The number of carbonyl (C=O) groups excluding carboxylic acids is 2. The summed E-state index contributed by atoms with van der Waals surface area (Å²) in [5, 5.41) is 20.2. The van der Waals surface area contributed by atoms with E-state index in [1.807, 2.05) is 13.8 Å². The Morgan fingerprint density at radius 1 is 1.31 bits per heavy atom. The maximum Gasteiger partial charge on any atom is 0.335 e. The Morgan fingerprint density at radius 3 is 2.46 bits per heavy atom. The van der Waals surface area contributed by atoms with Crippen LogP contribution >= 0.6 is 11.8 Å². The van der Waals surface area contributed by atoms with E-state index in [0.29, 0.717) is 5.75 Å². The third kappa shape index (κ3) is 3.96. The molecule has 1 atom stereocenters. The molecule has 1 unspecified atom stereocenters. The zero-order valence-corrected chi connectivity index (χ0v) is 15.4. The van der Waals surface area contributed by atoms with Crippen LogP contribution in [-0.4, -0.2) is 68.4 Å². The summed E-state index contributed by atoms with van der Waals surface area (Å²) in [5.74, 6) is -1.51. The molecule has 1 saturated heterocycles. The number of nitro benzene ring substituents is 1. The Labute approximate surface area is 154 Å². The van der Waals surface area contributed by atoms with Gasteiger partial charge in [-0.1, -0.05) is 0 Å². The van der Waals surface area contributed by atoms with Gasteiger partial charge in [-0.2, -0.15) is 0 Å². The Morgan fingerprint density at radius 2 is 1.92 bits per heavy atom. The molecule has 1 fully saturated rings. The van der Waals surface area contributed by atoms with E-state index in [0.717, 1.165) is 18.2 Å². The second kappa shape index (κ2) is 7.73. The molecule has 10 heteroatoms. The lowest BCUT2D eigenvalue weighted by atomic mass is 10.1. The van der Waals surface area contributed by atoms with Crippen LogP contribution < -0.4 is 0 Å². The van der Waals surface area contributed by atoms with E-state index < -0.39 is 28.5 Å². The fourth-order valence-corrected chi connectivity index (χ4v) is 3.61. The van der Waals surface area contributed by atoms with E-state index in [1.54, 1.807) is 7.05 Å². The van der Waals surface area contributed by atoms with Crippen molar-refractivity contribution in [3.8, 4) is 0 Å². The highest BCUT2D eigenvalue weighted by Crippen LogP contribution is 2.26. The number of non-ortho nitro benzene ring substituents is 1. The van der Waals surface area contributed by atoms with Crippen LogP contribution in [0.3, 0.4) is 0 Å². The normalized spacial score (nSPS) is 16.6. The number of benzene rings is 1. The van der Waals surface area contributed by atoms with Crippen molar-refractivity contribution in [1.29, 1.82) is 0 Å². The average molecular weight is 381 g/mol. The van der Waals surface area contributed by atoms with Crippen molar-refractivity contribution in [3.05, 3.63) is 39.4 Å². The monoisotopic (exact) mass is 381 g/mol. The molecule has 0 aromatic heterocycles. The molecule has 0 saturated carbocycles. The lowest BCUT2D eigenvalue weighted by molar-refractivity contribution is -0.384. The van der Waals surface area contributed by atoms with E-state index in [-0.39, 0.29) is 29.0 Å². The summed E-state index contributed by atoms with van der Waals surface area (Å²) in [6.07, 6.45) is 0. The average Bonchev–Trinajstić information content (AvgIpc) is 3.08. The highest BCUT2D eigenvalue weighted by molar-refractivity contribution is 7.99. The Kier molecular flexibility index (Phi) is 5.86. The zero-order chi connectivity index (χ0) is 19.6. The first-order valence-corrected chi connectivity index (χ1v) is 8.97. The highest BCUT2D eigenvalue weighted by Gasteiger charge is 2.37. The second-order valence-electron chi connectivity index (χ2n) is 6.16. The third-order valence-corrected chi connectivity index (χ3v) is 5.19. The van der Waals surface area contributed by atoms with E-state index in [9.17, 15) is 24.5 Å². The maximum absolute atomic E-state index is 12.8. The smallest absolute Gasteiger partial charge is 0.335 e. The SMILES string of the molecule is CC(C)N(C)C(=O)C1CSCN1C(=O)c1cc(C(=O)O)cc([N+](=O)[O-])c1. The topological polar surface area (TPSA) is 121 Å². The molecule has 26 heavy (non-hydrogen) atoms. The zero-order valence-electron chi connectivity index (χ0n) is 14.5. The van der Waals surface area contributed by atoms with E-state index >= 15 is 0 Å². The van der Waals surface area contributed by atoms with Gasteiger partial charge in [0.25, 0.3) is 11.6 Å². The fraction of sp³-hybridized carbons (Fsp3) is 0.438. The lowest BCUT2D eigenvalue weighted by Crippen LogP contribution is -2.49. The van der Waals surface area contributed by atoms with Crippen LogP contribution in [0.1, 0.15) is 34.6 Å². The summed E-state index contributed by atoms with van der Waals surface area (Å²) < 4.78 is 0. The van der Waals surface area contributed by atoms with E-state index in [4.69, 9.17) is 5.11 Å². The molecule has 0 spiro atoms. The van der Waals surface area contributed by atoms with Crippen molar-refractivity contribution in [3.63, 3.8) is 0 Å². The standard InChI is InChI=1S/C16H19N3O6S/c1-9(2)17(3)15(21)13-7-26-8-18(13)14(20)10-4-11(16(22)23)6-12(5-10)19(24)25/h4-6,9,13H,7-8H2,1-3H3,(H,22,23). The molecule has 1 aromatic carbocycles. The van der Waals surface area contributed by atoms with Gasteiger partial charge in [0.05, 0.1) is 16.4 Å². The van der Waals surface area contributed by atoms with Gasteiger partial charge in [0.15, 0.2) is 0 Å². The first-order chi connectivity index (χ1) is 12.1. The summed E-state index contributed by atoms with van der Waals surface area (Å²) in [6.45, 7) is 3.71. The molecule has 0 radical (unpaired) electrons. The van der Waals surface area contributed by atoms with Crippen molar-refractivity contribution in [1.82, 2.24) is 9.80 Å². The molecular weight excluding hydrogens is 362 g/mol. The van der Waals surface area contributed by atoms with E-state index in [1.165, 1.54) is 21.6 Å². The predicted octanol–water partition coefficient (Wildman–Crippen LogP) is 1.67. The van der Waals surface area contributed by atoms with Crippen molar-refractivity contribution in [2.24, 2.45) is 0 Å². The number of hydrogen-bond acceptors (Lipinski definition) is 6. The summed E-state index contributed by atoms with van der Waals surface area (Å²) in [6, 6.07) is 2.29. The first kappa shape index (κ1) is 19.7. The minimum atomic E-state index is -1.37. The molecule has 0 bridgehead atoms. The highest BCUT2D eigenvalue weighted by atomic mass is 32.2. The van der Waals surface area contributed by atoms with Gasteiger partial charge in [0.2, 0.25) is 5.91 Å². The third-order valence-electron chi connectivity index (χ3n) is 4.17. The van der Waals surface area contributed by atoms with Crippen LogP contribution in [0.4, 0.5) is 5.69 Å². The number of nitro groups is 1. The molecule has 140 valence electrons. The van der Waals surface area contributed by atoms with Crippen LogP contribution in [0, 0.1) is 10.1 Å². The van der Waals surface area contributed by atoms with Crippen molar-refractivity contribution in [2.75, 3.05) is 18.7 Å². The molecular formula is C16H19N3O6S. The van der Waals surface area contributed by atoms with Crippen LogP contribution in [0.2, 0.25) is 0 Å². The number of carboxylic acid groups (broad SMARTS) is 1. The summed E-state index contributed by atoms with van der Waals surface area (Å²) >= 11 is 1.40. The molecule has 2 amide bonds. The quantitative estimate of drug-likeness (QED) is 0.608. The number of carboxylic acids is 1. The van der Waals surface area contributed by atoms with Gasteiger partial charge in [0, 0.05) is 36.5 Å². The minimum absolute atomic E-state index is 0.0403. The Balaban J connectivity index is 2.36. The molecule has 0 aliphatic carbocycles. The Bertz CT molecular complexity index is 734. The Hall–Kier alpha value is -2.62. The number of rotatable bonds is 5. The predicted molar refractivity (Wildman–Crippen MR) is 95.2 cm³/mol. The summed E-state index contributed by atoms with van der Waals surface area (Å²) in [4.78, 5) is 49.8. The van der Waals surface area contributed by atoms with Crippen molar-refractivity contribution >= 4 is 35.2 Å². The van der Waals surface area contributed by atoms with Gasteiger partial charge in [-0.05, 0) is 19.9 Å². The van der Waals surface area contributed by atoms with Gasteiger partial charge in [-0.25, -0.2) is 4.79 Å². The van der Waals surface area contributed by atoms with Gasteiger partial charge in [-0.15, -0.1) is 11.8 Å². The van der Waals surface area contributed by atoms with Crippen LogP contribution in [0.5, 0.6) is 0 Å². The van der Waals surface area contributed by atoms with Gasteiger partial charge in [0.1, 0.15) is 6.04 Å². The maximum atomic E-state index is 12.8. The number of thioether (sulfide) groups is 1.